The molecule has 0 aliphatic rings. The van der Waals surface area contributed by atoms with Gasteiger partial charge < -0.3 is 4.74 Å². The Morgan fingerprint density at radius 2 is 1.82 bits per heavy atom. The highest BCUT2D eigenvalue weighted by Gasteiger charge is 2.36. The molecule has 11 heteroatoms. The van der Waals surface area contributed by atoms with Gasteiger partial charge in [0.15, 0.2) is 5.75 Å². The lowest BCUT2D eigenvalue weighted by atomic mass is 10.0. The molecule has 0 saturated heterocycles. The summed E-state index contributed by atoms with van der Waals surface area (Å²) in [4.78, 5) is 10.8. The van der Waals surface area contributed by atoms with Crippen LogP contribution < -0.4 is 9.46 Å². The van der Waals surface area contributed by atoms with E-state index < -0.39 is 28.0 Å². The minimum Gasteiger partial charge on any atom is -0.439 e. The maximum Gasteiger partial charge on any atom is 0.404 e. The van der Waals surface area contributed by atoms with Gasteiger partial charge in [-0.1, -0.05) is 25.1 Å². The second kappa shape index (κ2) is 10.4. The highest BCUT2D eigenvalue weighted by Crippen LogP contribution is 2.30. The number of aldehydes is 1. The van der Waals surface area contributed by atoms with Crippen LogP contribution in [0.1, 0.15) is 42.2 Å². The van der Waals surface area contributed by atoms with Gasteiger partial charge in [0.25, 0.3) is 0 Å². The SMILES string of the molecule is CCC(NS(=O)(=O)CC(F)(F)F)c1cccc(-c2cc(Oc3ccc(C=O)cc3)n(CC)n2)c1. The molecule has 0 aliphatic heterocycles. The van der Waals surface area contributed by atoms with Crippen LogP contribution in [0.5, 0.6) is 11.6 Å². The number of nitrogens with one attached hydrogen (secondary N) is 1. The van der Waals surface area contributed by atoms with Gasteiger partial charge >= 0.3 is 6.18 Å². The van der Waals surface area contributed by atoms with E-state index in [0.29, 0.717) is 40.6 Å². The molecule has 1 aromatic heterocycles. The van der Waals surface area contributed by atoms with Crippen LogP contribution >= 0.6 is 0 Å². The summed E-state index contributed by atoms with van der Waals surface area (Å²) in [7, 11) is -4.56. The van der Waals surface area contributed by atoms with Gasteiger partial charge in [-0.2, -0.15) is 18.3 Å². The Bertz CT molecular complexity index is 1240. The Labute approximate surface area is 195 Å². The Morgan fingerprint density at radius 3 is 2.41 bits per heavy atom. The summed E-state index contributed by atoms with van der Waals surface area (Å²) in [5, 5.41) is 4.53. The monoisotopic (exact) mass is 495 g/mol. The Hall–Kier alpha value is -3.18. The fourth-order valence-electron chi connectivity index (χ4n) is 3.36. The third-order valence-corrected chi connectivity index (χ3v) is 6.30. The standard InChI is InChI=1S/C23H24F3N3O4S/c1-3-20(28-34(31,32)15-23(24,25)26)17-6-5-7-18(12-17)21-13-22(29(4-2)27-21)33-19-10-8-16(14-30)9-11-19/h5-14,20,28H,3-4,15H2,1-2H3. The van der Waals surface area contributed by atoms with Crippen molar-refractivity contribution in [1.29, 1.82) is 0 Å². The Balaban J connectivity index is 1.86. The van der Waals surface area contributed by atoms with Crippen molar-refractivity contribution in [2.45, 2.75) is 39.0 Å². The van der Waals surface area contributed by atoms with Gasteiger partial charge in [0.1, 0.15) is 12.0 Å². The number of hydrogen-bond acceptors (Lipinski definition) is 5. The molecule has 0 amide bonds. The minimum atomic E-state index is -4.83. The first kappa shape index (κ1) is 25.4. The van der Waals surface area contributed by atoms with E-state index >= 15 is 0 Å². The smallest absolute Gasteiger partial charge is 0.404 e. The van der Waals surface area contributed by atoms with Crippen LogP contribution in [0.2, 0.25) is 0 Å². The molecule has 34 heavy (non-hydrogen) atoms. The van der Waals surface area contributed by atoms with E-state index in [1.165, 1.54) is 0 Å². The third kappa shape index (κ3) is 6.67. The van der Waals surface area contributed by atoms with E-state index in [2.05, 4.69) is 9.82 Å². The molecule has 7 nitrogen and oxygen atoms in total. The molecule has 0 fully saturated rings. The maximum atomic E-state index is 12.6. The Morgan fingerprint density at radius 1 is 1.12 bits per heavy atom. The first-order valence-corrected chi connectivity index (χ1v) is 12.2. The number of alkyl halides is 3. The van der Waals surface area contributed by atoms with E-state index in [0.717, 1.165) is 6.29 Å². The lowest BCUT2D eigenvalue weighted by molar-refractivity contribution is -0.106. The van der Waals surface area contributed by atoms with Crippen LogP contribution in [0, 0.1) is 0 Å². The van der Waals surface area contributed by atoms with Crippen LogP contribution in [0.3, 0.4) is 0 Å². The summed E-state index contributed by atoms with van der Waals surface area (Å²) in [6.45, 7) is 4.08. The van der Waals surface area contributed by atoms with Crippen LogP contribution in [0.25, 0.3) is 11.3 Å². The molecule has 3 rings (SSSR count). The number of carbonyl (C=O) groups is 1. The summed E-state index contributed by atoms with van der Waals surface area (Å²) < 4.78 is 71.4. The van der Waals surface area contributed by atoms with Gasteiger partial charge in [-0.15, -0.1) is 0 Å². The zero-order chi connectivity index (χ0) is 24.9. The number of hydrogen-bond donors (Lipinski definition) is 1. The number of nitrogens with zero attached hydrogens (tertiary/aromatic N) is 2. The van der Waals surface area contributed by atoms with Crippen LogP contribution in [-0.2, 0) is 16.6 Å². The fourth-order valence-corrected chi connectivity index (χ4v) is 4.61. The van der Waals surface area contributed by atoms with E-state index in [-0.39, 0.29) is 6.42 Å². The summed E-state index contributed by atoms with van der Waals surface area (Å²) >= 11 is 0. The Kier molecular flexibility index (Phi) is 7.78. The van der Waals surface area contributed by atoms with Gasteiger partial charge in [-0.3, -0.25) is 4.79 Å². The maximum absolute atomic E-state index is 12.6. The number of aromatic nitrogens is 2. The summed E-state index contributed by atoms with van der Waals surface area (Å²) in [6.07, 6.45) is -3.84. The van der Waals surface area contributed by atoms with E-state index in [1.807, 2.05) is 6.92 Å². The van der Waals surface area contributed by atoms with E-state index in [1.54, 1.807) is 66.2 Å². The largest absolute Gasteiger partial charge is 0.439 e. The van der Waals surface area contributed by atoms with E-state index in [4.69, 9.17) is 4.74 Å². The van der Waals surface area contributed by atoms with E-state index in [9.17, 15) is 26.4 Å². The van der Waals surface area contributed by atoms with Crippen molar-refractivity contribution in [3.8, 4) is 22.9 Å². The molecular weight excluding hydrogens is 471 g/mol. The van der Waals surface area contributed by atoms with Gasteiger partial charge in [0.2, 0.25) is 15.9 Å². The second-order valence-corrected chi connectivity index (χ2v) is 9.30. The topological polar surface area (TPSA) is 90.3 Å². The quantitative estimate of drug-likeness (QED) is 0.395. The van der Waals surface area contributed by atoms with Crippen molar-refractivity contribution in [2.75, 3.05) is 5.75 Å². The molecule has 182 valence electrons. The van der Waals surface area contributed by atoms with Crippen molar-refractivity contribution in [3.63, 3.8) is 0 Å². The van der Waals surface area contributed by atoms with Crippen LogP contribution in [0.15, 0.2) is 54.6 Å². The molecule has 0 bridgehead atoms. The normalized spacial score (nSPS) is 13.0. The third-order valence-electron chi connectivity index (χ3n) is 4.95. The predicted molar refractivity (Wildman–Crippen MR) is 121 cm³/mol. The number of halogens is 3. The van der Waals surface area contributed by atoms with Crippen molar-refractivity contribution >= 4 is 16.3 Å². The highest BCUT2D eigenvalue weighted by atomic mass is 32.2. The molecule has 1 heterocycles. The van der Waals surface area contributed by atoms with Crippen LogP contribution in [0.4, 0.5) is 13.2 Å². The summed E-state index contributed by atoms with van der Waals surface area (Å²) in [5.74, 6) is -0.962. The molecule has 0 radical (unpaired) electrons. The number of rotatable bonds is 10. The first-order chi connectivity index (χ1) is 16.0. The van der Waals surface area contributed by atoms with Crippen LogP contribution in [-0.4, -0.2) is 36.4 Å². The highest BCUT2D eigenvalue weighted by molar-refractivity contribution is 7.89. The minimum absolute atomic E-state index is 0.259. The molecule has 3 aromatic rings. The number of aryl methyl sites for hydroxylation is 1. The molecule has 1 N–H and O–H groups in total. The zero-order valence-electron chi connectivity index (χ0n) is 18.5. The average molecular weight is 496 g/mol. The second-order valence-electron chi connectivity index (χ2n) is 7.55. The summed E-state index contributed by atoms with van der Waals surface area (Å²) in [6, 6.07) is 14.3. The fraction of sp³-hybridized carbons (Fsp3) is 0.304. The van der Waals surface area contributed by atoms with Gasteiger partial charge in [0, 0.05) is 29.8 Å². The summed E-state index contributed by atoms with van der Waals surface area (Å²) in [5.41, 5.74) is 2.24. The van der Waals surface area contributed by atoms with Crippen molar-refractivity contribution < 1.29 is 31.1 Å². The molecule has 0 saturated carbocycles. The van der Waals surface area contributed by atoms with Crippen molar-refractivity contribution in [2.24, 2.45) is 0 Å². The number of carbonyl (C=O) groups excluding carboxylic acids is 1. The molecule has 1 unspecified atom stereocenters. The molecule has 2 aromatic carbocycles. The number of benzene rings is 2. The molecule has 1 atom stereocenters. The number of sulfonamides is 1. The van der Waals surface area contributed by atoms with Crippen molar-refractivity contribution in [3.05, 3.63) is 65.7 Å². The zero-order valence-corrected chi connectivity index (χ0v) is 19.4. The van der Waals surface area contributed by atoms with Crippen molar-refractivity contribution in [1.82, 2.24) is 14.5 Å². The lowest BCUT2D eigenvalue weighted by Crippen LogP contribution is -2.35. The van der Waals surface area contributed by atoms with Gasteiger partial charge in [0.05, 0.1) is 5.69 Å². The molecule has 0 aliphatic carbocycles. The first-order valence-electron chi connectivity index (χ1n) is 10.5. The van der Waals surface area contributed by atoms with Gasteiger partial charge in [-0.25, -0.2) is 17.8 Å². The average Bonchev–Trinajstić information content (AvgIpc) is 3.19. The number of ether oxygens (including phenoxy) is 1. The predicted octanol–water partition coefficient (Wildman–Crippen LogP) is 5.11. The van der Waals surface area contributed by atoms with Gasteiger partial charge in [-0.05, 0) is 49.2 Å². The molecular formula is C23H24F3N3O4S. The lowest BCUT2D eigenvalue weighted by Gasteiger charge is -2.19. The molecule has 0 spiro atoms.